The minimum Gasteiger partial charge on any atom is -0.493 e. The van der Waals surface area contributed by atoms with Crippen molar-refractivity contribution in [1.29, 1.82) is 0 Å². The van der Waals surface area contributed by atoms with E-state index in [-0.39, 0.29) is 0 Å². The summed E-state index contributed by atoms with van der Waals surface area (Å²) >= 11 is 1.34. The Hall–Kier alpha value is -2.02. The van der Waals surface area contributed by atoms with Crippen molar-refractivity contribution < 1.29 is 19.0 Å². The second-order valence-corrected chi connectivity index (χ2v) is 4.57. The minimum atomic E-state index is -0.513. The van der Waals surface area contributed by atoms with E-state index in [0.717, 1.165) is 10.2 Å². The molecule has 6 nitrogen and oxygen atoms in total. The van der Waals surface area contributed by atoms with Gasteiger partial charge in [0.1, 0.15) is 0 Å². The zero-order valence-electron chi connectivity index (χ0n) is 10.9. The molecule has 2 aromatic rings. The lowest BCUT2D eigenvalue weighted by molar-refractivity contribution is 0.168. The molecule has 1 N–H and O–H groups in total. The van der Waals surface area contributed by atoms with Crippen LogP contribution in [-0.4, -0.2) is 31.9 Å². The van der Waals surface area contributed by atoms with Crippen LogP contribution in [0.4, 0.5) is 9.93 Å². The summed E-state index contributed by atoms with van der Waals surface area (Å²) in [6, 6.07) is 3.59. The summed E-state index contributed by atoms with van der Waals surface area (Å²) in [5.74, 6) is 1.23. The molecule has 19 heavy (non-hydrogen) atoms. The molecule has 0 bridgehead atoms. The smallest absolute Gasteiger partial charge is 0.413 e. The molecule has 1 aromatic carbocycles. The number of thiazole rings is 1. The number of benzene rings is 1. The number of hydrogen-bond donors (Lipinski definition) is 1. The molecule has 0 aliphatic carbocycles. The molecule has 0 saturated carbocycles. The summed E-state index contributed by atoms with van der Waals surface area (Å²) in [7, 11) is 3.14. The summed E-state index contributed by atoms with van der Waals surface area (Å²) in [5.41, 5.74) is 0.731. The number of hydrogen-bond acceptors (Lipinski definition) is 6. The number of amides is 1. The fourth-order valence-corrected chi connectivity index (χ4v) is 2.42. The molecule has 2 rings (SSSR count). The van der Waals surface area contributed by atoms with E-state index in [1.54, 1.807) is 27.2 Å². The van der Waals surface area contributed by atoms with Gasteiger partial charge in [-0.05, 0) is 6.92 Å². The van der Waals surface area contributed by atoms with Gasteiger partial charge in [-0.2, -0.15) is 0 Å². The topological polar surface area (TPSA) is 69.7 Å². The molecule has 0 saturated heterocycles. The average Bonchev–Trinajstić information content (AvgIpc) is 2.78. The van der Waals surface area contributed by atoms with Crippen molar-refractivity contribution >= 4 is 32.8 Å². The number of nitrogens with zero attached hydrogens (tertiary/aromatic N) is 1. The van der Waals surface area contributed by atoms with Gasteiger partial charge in [0.15, 0.2) is 16.6 Å². The van der Waals surface area contributed by atoms with E-state index in [9.17, 15) is 4.79 Å². The van der Waals surface area contributed by atoms with Gasteiger partial charge in [0, 0.05) is 12.1 Å². The number of anilines is 1. The van der Waals surface area contributed by atoms with Crippen molar-refractivity contribution in [2.24, 2.45) is 0 Å². The van der Waals surface area contributed by atoms with E-state index in [4.69, 9.17) is 14.2 Å². The van der Waals surface area contributed by atoms with Gasteiger partial charge in [0.25, 0.3) is 0 Å². The molecule has 0 spiro atoms. The Morgan fingerprint density at radius 1 is 1.32 bits per heavy atom. The van der Waals surface area contributed by atoms with Crippen LogP contribution in [0, 0.1) is 0 Å². The van der Waals surface area contributed by atoms with E-state index >= 15 is 0 Å². The lowest BCUT2D eigenvalue weighted by Crippen LogP contribution is -2.12. The molecular weight excluding hydrogens is 268 g/mol. The van der Waals surface area contributed by atoms with Gasteiger partial charge in [0.2, 0.25) is 0 Å². The highest BCUT2D eigenvalue weighted by Crippen LogP contribution is 2.36. The Morgan fingerprint density at radius 2 is 2.00 bits per heavy atom. The Bertz CT molecular complexity index is 556. The maximum atomic E-state index is 11.3. The van der Waals surface area contributed by atoms with Crippen LogP contribution in [0.1, 0.15) is 6.92 Å². The first-order chi connectivity index (χ1) is 9.17. The van der Waals surface area contributed by atoms with Crippen LogP contribution in [0.2, 0.25) is 0 Å². The number of aromatic nitrogens is 1. The highest BCUT2D eigenvalue weighted by Gasteiger charge is 2.12. The summed E-state index contributed by atoms with van der Waals surface area (Å²) in [4.78, 5) is 15.6. The van der Waals surface area contributed by atoms with Gasteiger partial charge in [0.05, 0.1) is 31.0 Å². The molecule has 1 aromatic heterocycles. The average molecular weight is 282 g/mol. The van der Waals surface area contributed by atoms with Crippen molar-refractivity contribution in [2.45, 2.75) is 6.92 Å². The highest BCUT2D eigenvalue weighted by atomic mass is 32.1. The first-order valence-electron chi connectivity index (χ1n) is 5.64. The summed E-state index contributed by atoms with van der Waals surface area (Å²) in [6.45, 7) is 2.06. The summed E-state index contributed by atoms with van der Waals surface area (Å²) in [5, 5.41) is 3.05. The highest BCUT2D eigenvalue weighted by molar-refractivity contribution is 7.22. The number of carbonyl (C=O) groups excluding carboxylic acids is 1. The monoisotopic (exact) mass is 282 g/mol. The molecule has 0 radical (unpaired) electrons. The van der Waals surface area contributed by atoms with Crippen molar-refractivity contribution in [3.05, 3.63) is 12.1 Å². The number of carbonyl (C=O) groups is 1. The van der Waals surface area contributed by atoms with Gasteiger partial charge < -0.3 is 14.2 Å². The Kier molecular flexibility index (Phi) is 4.06. The second-order valence-electron chi connectivity index (χ2n) is 3.54. The normalized spacial score (nSPS) is 10.3. The van der Waals surface area contributed by atoms with Crippen molar-refractivity contribution in [3.63, 3.8) is 0 Å². The third kappa shape index (κ3) is 2.87. The molecule has 0 atom stereocenters. The van der Waals surface area contributed by atoms with Crippen molar-refractivity contribution in [3.8, 4) is 11.5 Å². The third-order valence-corrected chi connectivity index (χ3v) is 3.31. The van der Waals surface area contributed by atoms with E-state index < -0.39 is 6.09 Å². The number of methoxy groups -OCH3 is 2. The standard InChI is InChI=1S/C12H14N2O4S/c1-4-18-12(15)14-11-13-7-5-8(16-2)9(17-3)6-10(7)19-11/h5-6H,4H2,1-3H3,(H,13,14,15). The molecule has 0 unspecified atom stereocenters. The fraction of sp³-hybridized carbons (Fsp3) is 0.333. The molecule has 7 heteroatoms. The van der Waals surface area contributed by atoms with E-state index in [1.165, 1.54) is 11.3 Å². The van der Waals surface area contributed by atoms with Crippen LogP contribution in [-0.2, 0) is 4.74 Å². The number of fused-ring (bicyclic) bond motifs is 1. The van der Waals surface area contributed by atoms with Crippen LogP contribution < -0.4 is 14.8 Å². The predicted molar refractivity (Wildman–Crippen MR) is 73.4 cm³/mol. The minimum absolute atomic E-state index is 0.318. The number of ether oxygens (including phenoxy) is 3. The SMILES string of the molecule is CCOC(=O)Nc1nc2cc(OC)c(OC)cc2s1. The Balaban J connectivity index is 2.32. The largest absolute Gasteiger partial charge is 0.493 e. The maximum absolute atomic E-state index is 11.3. The van der Waals surface area contributed by atoms with Gasteiger partial charge in [-0.15, -0.1) is 0 Å². The Labute approximate surface area is 114 Å². The fourth-order valence-electron chi connectivity index (χ4n) is 1.56. The lowest BCUT2D eigenvalue weighted by Gasteiger charge is -2.05. The second kappa shape index (κ2) is 5.75. The molecule has 1 amide bonds. The number of nitrogens with one attached hydrogen (secondary N) is 1. The van der Waals surface area contributed by atoms with Crippen molar-refractivity contribution in [1.82, 2.24) is 4.98 Å². The predicted octanol–water partition coefficient (Wildman–Crippen LogP) is 2.88. The quantitative estimate of drug-likeness (QED) is 0.933. The molecule has 0 aliphatic rings. The van der Waals surface area contributed by atoms with Crippen LogP contribution in [0.25, 0.3) is 10.2 Å². The van der Waals surface area contributed by atoms with Crippen LogP contribution >= 0.6 is 11.3 Å². The van der Waals surface area contributed by atoms with Crippen molar-refractivity contribution in [2.75, 3.05) is 26.1 Å². The summed E-state index contributed by atoms with van der Waals surface area (Å²) in [6.07, 6.45) is -0.513. The lowest BCUT2D eigenvalue weighted by atomic mass is 10.3. The molecule has 0 fully saturated rings. The first kappa shape index (κ1) is 13.4. The zero-order valence-corrected chi connectivity index (χ0v) is 11.7. The first-order valence-corrected chi connectivity index (χ1v) is 6.46. The molecule has 0 aliphatic heterocycles. The zero-order chi connectivity index (χ0) is 13.8. The number of rotatable bonds is 4. The molecule has 1 heterocycles. The van der Waals surface area contributed by atoms with Crippen LogP contribution in [0.15, 0.2) is 12.1 Å². The maximum Gasteiger partial charge on any atom is 0.413 e. The Morgan fingerprint density at radius 3 is 2.63 bits per heavy atom. The van der Waals surface area contributed by atoms with Gasteiger partial charge in [-0.3, -0.25) is 5.32 Å². The third-order valence-electron chi connectivity index (χ3n) is 2.38. The summed E-state index contributed by atoms with van der Waals surface area (Å²) < 4.78 is 16.1. The van der Waals surface area contributed by atoms with E-state index in [1.807, 2.05) is 6.07 Å². The van der Waals surface area contributed by atoms with Crippen LogP contribution in [0.3, 0.4) is 0 Å². The van der Waals surface area contributed by atoms with Crippen LogP contribution in [0.5, 0.6) is 11.5 Å². The van der Waals surface area contributed by atoms with Gasteiger partial charge in [-0.25, -0.2) is 9.78 Å². The van der Waals surface area contributed by atoms with Gasteiger partial charge in [-0.1, -0.05) is 11.3 Å². The molecule has 102 valence electrons. The van der Waals surface area contributed by atoms with Gasteiger partial charge >= 0.3 is 6.09 Å². The van der Waals surface area contributed by atoms with E-state index in [0.29, 0.717) is 23.2 Å². The molecular formula is C12H14N2O4S. The van der Waals surface area contributed by atoms with E-state index in [2.05, 4.69) is 10.3 Å².